The molecule has 0 unspecified atom stereocenters. The van der Waals surface area contributed by atoms with E-state index in [4.69, 9.17) is 0 Å². The SMILES string of the molecule is Cc1c(F)c(-c2nn(C)c3cc(N4CCN(Nc5ccccc5)CC45CC5)ncc23)cc(C(F)(F)F)c1F. The number of halogens is 5. The van der Waals surface area contributed by atoms with Gasteiger partial charge in [-0.3, -0.25) is 4.68 Å². The van der Waals surface area contributed by atoms with Crippen LogP contribution in [0.15, 0.2) is 48.7 Å². The van der Waals surface area contributed by atoms with Crippen molar-refractivity contribution in [3.8, 4) is 11.3 Å². The lowest BCUT2D eigenvalue weighted by Gasteiger charge is -2.43. The Kier molecular flexibility index (Phi) is 5.60. The maximum absolute atomic E-state index is 15.0. The van der Waals surface area contributed by atoms with Crippen LogP contribution in [-0.4, -0.2) is 44.9 Å². The summed E-state index contributed by atoms with van der Waals surface area (Å²) in [6.07, 6.45) is -1.43. The molecule has 3 heterocycles. The quantitative estimate of drug-likeness (QED) is 0.333. The Bertz CT molecular complexity index is 1530. The Morgan fingerprint density at radius 2 is 1.74 bits per heavy atom. The summed E-state index contributed by atoms with van der Waals surface area (Å²) in [5.41, 5.74) is 2.39. The van der Waals surface area contributed by atoms with E-state index in [9.17, 15) is 17.6 Å². The Balaban J connectivity index is 1.33. The van der Waals surface area contributed by atoms with Crippen LogP contribution in [0.1, 0.15) is 24.0 Å². The molecule has 6 nitrogen and oxygen atoms in total. The summed E-state index contributed by atoms with van der Waals surface area (Å²) in [5, 5.41) is 6.92. The van der Waals surface area contributed by atoms with Crippen LogP contribution in [0, 0.1) is 18.6 Å². The molecule has 1 spiro atoms. The van der Waals surface area contributed by atoms with Crippen molar-refractivity contribution >= 4 is 22.4 Å². The fourth-order valence-electron chi connectivity index (χ4n) is 5.34. The number of piperazine rings is 1. The molecule has 38 heavy (non-hydrogen) atoms. The lowest BCUT2D eigenvalue weighted by atomic mass is 10.0. The maximum atomic E-state index is 15.0. The summed E-state index contributed by atoms with van der Waals surface area (Å²) >= 11 is 0. The standard InChI is InChI=1S/C27H25F5N6/c1-16-23(28)18(12-20(24(16)29)27(30,31)32)25-19-14-33-22(13-21(19)36(2)35-25)38-11-10-37(15-26(38)8-9-26)34-17-6-4-3-5-7-17/h3-7,12-14,34H,8-11,15H2,1-2H3. The van der Waals surface area contributed by atoms with Gasteiger partial charge in [0.05, 0.1) is 16.6 Å². The van der Waals surface area contributed by atoms with E-state index in [0.717, 1.165) is 50.9 Å². The summed E-state index contributed by atoms with van der Waals surface area (Å²) in [4.78, 5) is 6.90. The number of anilines is 2. The molecule has 2 aromatic heterocycles. The molecule has 1 aliphatic heterocycles. The van der Waals surface area contributed by atoms with Crippen molar-refractivity contribution in [3.05, 3.63) is 71.4 Å². The lowest BCUT2D eigenvalue weighted by molar-refractivity contribution is -0.140. The van der Waals surface area contributed by atoms with Crippen molar-refractivity contribution in [2.45, 2.75) is 31.5 Å². The van der Waals surface area contributed by atoms with E-state index in [2.05, 4.69) is 25.4 Å². The van der Waals surface area contributed by atoms with Gasteiger partial charge in [0, 0.05) is 61.1 Å². The first-order chi connectivity index (χ1) is 18.1. The second-order valence-electron chi connectivity index (χ2n) is 10.0. The molecule has 198 valence electrons. The fourth-order valence-corrected chi connectivity index (χ4v) is 5.34. The van der Waals surface area contributed by atoms with E-state index in [1.54, 1.807) is 7.05 Å². The molecule has 0 atom stereocenters. The summed E-state index contributed by atoms with van der Waals surface area (Å²) in [6.45, 7) is 3.28. The van der Waals surface area contributed by atoms with Crippen molar-refractivity contribution < 1.29 is 22.0 Å². The van der Waals surface area contributed by atoms with E-state index in [1.165, 1.54) is 10.9 Å². The van der Waals surface area contributed by atoms with Crippen LogP contribution in [0.3, 0.4) is 0 Å². The molecule has 6 rings (SSSR count). The summed E-state index contributed by atoms with van der Waals surface area (Å²) in [6, 6.07) is 12.3. The molecule has 0 radical (unpaired) electrons. The van der Waals surface area contributed by atoms with Gasteiger partial charge in [-0.1, -0.05) is 18.2 Å². The number of hydrogen-bond acceptors (Lipinski definition) is 5. The number of hydrogen-bond donors (Lipinski definition) is 1. The molecular weight excluding hydrogens is 503 g/mol. The van der Waals surface area contributed by atoms with Gasteiger partial charge in [-0.05, 0) is 38.0 Å². The van der Waals surface area contributed by atoms with E-state index in [0.29, 0.717) is 17.0 Å². The summed E-state index contributed by atoms with van der Waals surface area (Å²) in [5.74, 6) is -1.95. The van der Waals surface area contributed by atoms with Gasteiger partial charge < -0.3 is 10.3 Å². The van der Waals surface area contributed by atoms with Crippen LogP contribution >= 0.6 is 0 Å². The number of hydrazine groups is 1. The number of aryl methyl sites for hydroxylation is 1. The van der Waals surface area contributed by atoms with Crippen molar-refractivity contribution in [1.82, 2.24) is 19.8 Å². The molecule has 2 aliphatic rings. The molecule has 1 saturated carbocycles. The second-order valence-corrected chi connectivity index (χ2v) is 10.0. The monoisotopic (exact) mass is 528 g/mol. The van der Waals surface area contributed by atoms with Crippen LogP contribution in [-0.2, 0) is 13.2 Å². The number of nitrogens with zero attached hydrogens (tertiary/aromatic N) is 5. The van der Waals surface area contributed by atoms with Crippen LogP contribution in [0.25, 0.3) is 22.2 Å². The second kappa shape index (κ2) is 8.65. The van der Waals surface area contributed by atoms with Crippen LogP contribution in [0.2, 0.25) is 0 Å². The van der Waals surface area contributed by atoms with Gasteiger partial charge in [0.15, 0.2) is 0 Å². The molecular formula is C27H25F5N6. The third kappa shape index (κ3) is 4.05. The number of fused-ring (bicyclic) bond motifs is 1. The van der Waals surface area contributed by atoms with Gasteiger partial charge in [-0.15, -0.1) is 0 Å². The van der Waals surface area contributed by atoms with Gasteiger partial charge in [-0.25, -0.2) is 18.8 Å². The summed E-state index contributed by atoms with van der Waals surface area (Å²) in [7, 11) is 1.64. The van der Waals surface area contributed by atoms with E-state index in [-0.39, 0.29) is 11.2 Å². The Hall–Kier alpha value is -3.73. The Morgan fingerprint density at radius 1 is 1.00 bits per heavy atom. The molecule has 0 amide bonds. The van der Waals surface area contributed by atoms with Gasteiger partial charge >= 0.3 is 6.18 Å². The number of pyridine rings is 1. The predicted molar refractivity (Wildman–Crippen MR) is 135 cm³/mol. The normalized spacial score (nSPS) is 17.4. The first-order valence-corrected chi connectivity index (χ1v) is 12.3. The van der Waals surface area contributed by atoms with Crippen LogP contribution in [0.4, 0.5) is 33.5 Å². The zero-order valence-electron chi connectivity index (χ0n) is 20.8. The number of rotatable bonds is 4. The largest absolute Gasteiger partial charge is 0.419 e. The highest BCUT2D eigenvalue weighted by atomic mass is 19.4. The van der Waals surface area contributed by atoms with Gasteiger partial charge in [-0.2, -0.15) is 18.3 Å². The maximum Gasteiger partial charge on any atom is 0.419 e. The number of alkyl halides is 3. The van der Waals surface area contributed by atoms with E-state index in [1.807, 2.05) is 36.4 Å². The Morgan fingerprint density at radius 3 is 2.42 bits per heavy atom. The summed E-state index contributed by atoms with van der Waals surface area (Å²) < 4.78 is 71.1. The van der Waals surface area contributed by atoms with Gasteiger partial charge in [0.25, 0.3) is 0 Å². The molecule has 11 heteroatoms. The average molecular weight is 529 g/mol. The average Bonchev–Trinajstić information content (AvgIpc) is 3.56. The molecule has 4 aromatic rings. The van der Waals surface area contributed by atoms with Crippen molar-refractivity contribution in [2.24, 2.45) is 7.05 Å². The first-order valence-electron chi connectivity index (χ1n) is 12.3. The van der Waals surface area contributed by atoms with Gasteiger partial charge in [0.2, 0.25) is 0 Å². The molecule has 1 N–H and O–H groups in total. The third-order valence-corrected chi connectivity index (χ3v) is 7.52. The number of nitrogens with one attached hydrogen (secondary N) is 1. The van der Waals surface area contributed by atoms with Crippen molar-refractivity contribution in [3.63, 3.8) is 0 Å². The van der Waals surface area contributed by atoms with Crippen LogP contribution in [0.5, 0.6) is 0 Å². The van der Waals surface area contributed by atoms with E-state index < -0.39 is 34.5 Å². The highest BCUT2D eigenvalue weighted by molar-refractivity contribution is 5.94. The minimum atomic E-state index is -4.97. The first kappa shape index (κ1) is 24.6. The lowest BCUT2D eigenvalue weighted by Crippen LogP contribution is -2.56. The minimum Gasteiger partial charge on any atom is -0.348 e. The molecule has 1 aliphatic carbocycles. The van der Waals surface area contributed by atoms with E-state index >= 15 is 4.39 Å². The topological polar surface area (TPSA) is 49.2 Å². The zero-order valence-corrected chi connectivity index (χ0v) is 20.8. The zero-order chi connectivity index (χ0) is 26.8. The highest BCUT2D eigenvalue weighted by Gasteiger charge is 2.52. The molecule has 0 bridgehead atoms. The number of benzene rings is 2. The highest BCUT2D eigenvalue weighted by Crippen LogP contribution is 2.47. The minimum absolute atomic E-state index is 0.00864. The van der Waals surface area contributed by atoms with Crippen molar-refractivity contribution in [2.75, 3.05) is 30.0 Å². The smallest absolute Gasteiger partial charge is 0.348 e. The van der Waals surface area contributed by atoms with Crippen LogP contribution < -0.4 is 10.3 Å². The predicted octanol–water partition coefficient (Wildman–Crippen LogP) is 5.92. The van der Waals surface area contributed by atoms with Crippen molar-refractivity contribution in [1.29, 1.82) is 0 Å². The Labute approximate surface area is 215 Å². The molecule has 1 saturated heterocycles. The molecule has 2 fully saturated rings. The number of para-hydroxylation sites is 1. The fraction of sp³-hybridized carbons (Fsp3) is 0.333. The molecule has 2 aromatic carbocycles. The number of aromatic nitrogens is 3. The third-order valence-electron chi connectivity index (χ3n) is 7.52. The van der Waals surface area contributed by atoms with Gasteiger partial charge in [0.1, 0.15) is 23.1 Å².